The Kier molecular flexibility index (Phi) is 4.52. The van der Waals surface area contributed by atoms with Crippen LogP contribution in [0.1, 0.15) is 24.3 Å². The third-order valence-corrected chi connectivity index (χ3v) is 2.78. The third kappa shape index (κ3) is 3.36. The van der Waals surface area contributed by atoms with Crippen LogP contribution in [0.4, 0.5) is 10.3 Å². The number of hydrogen-bond acceptors (Lipinski definition) is 6. The van der Waals surface area contributed by atoms with Gasteiger partial charge in [0, 0.05) is 14.1 Å². The van der Waals surface area contributed by atoms with Gasteiger partial charge in [0.05, 0.1) is 6.61 Å². The lowest BCUT2D eigenvalue weighted by atomic mass is 9.99. The zero-order valence-electron chi connectivity index (χ0n) is 12.0. The van der Waals surface area contributed by atoms with Gasteiger partial charge in [-0.15, -0.1) is 0 Å². The van der Waals surface area contributed by atoms with Crippen molar-refractivity contribution in [3.63, 3.8) is 0 Å². The second-order valence-electron chi connectivity index (χ2n) is 4.57. The highest BCUT2D eigenvalue weighted by Gasteiger charge is 2.30. The summed E-state index contributed by atoms with van der Waals surface area (Å²) in [5.74, 6) is -1.55. The molecule has 0 aliphatic carbocycles. The summed E-state index contributed by atoms with van der Waals surface area (Å²) in [5.41, 5.74) is 0.405. The van der Waals surface area contributed by atoms with Gasteiger partial charge in [0.25, 0.3) is 5.95 Å². The minimum absolute atomic E-state index is 0.0720. The molecule has 0 radical (unpaired) electrons. The molecular formula is C14H16FN3O3. The van der Waals surface area contributed by atoms with Crippen LogP contribution >= 0.6 is 0 Å². The van der Waals surface area contributed by atoms with Crippen LogP contribution < -0.4 is 4.90 Å². The molecule has 21 heavy (non-hydrogen) atoms. The summed E-state index contributed by atoms with van der Waals surface area (Å²) in [7, 11) is 3.49. The quantitative estimate of drug-likeness (QED) is 0.785. The van der Waals surface area contributed by atoms with Crippen molar-refractivity contribution in [1.29, 1.82) is 0 Å². The summed E-state index contributed by atoms with van der Waals surface area (Å²) in [6.07, 6.45) is 0. The van der Waals surface area contributed by atoms with Gasteiger partial charge in [-0.25, -0.2) is 4.39 Å². The third-order valence-electron chi connectivity index (χ3n) is 2.78. The molecule has 1 heterocycles. The van der Waals surface area contributed by atoms with E-state index < -0.39 is 17.7 Å². The molecule has 1 atom stereocenters. The molecule has 1 aromatic heterocycles. The zero-order valence-corrected chi connectivity index (χ0v) is 12.0. The van der Waals surface area contributed by atoms with Crippen LogP contribution in [0.5, 0.6) is 0 Å². The van der Waals surface area contributed by atoms with Crippen molar-refractivity contribution >= 4 is 11.9 Å². The fourth-order valence-corrected chi connectivity index (χ4v) is 1.82. The number of carbonyl (C=O) groups is 1. The maximum Gasteiger partial charge on any atom is 0.323 e. The molecule has 0 aliphatic rings. The molecule has 0 N–H and O–H groups in total. The average molecular weight is 293 g/mol. The number of hydrogen-bond donors (Lipinski definition) is 0. The van der Waals surface area contributed by atoms with Crippen molar-refractivity contribution in [2.45, 2.75) is 12.8 Å². The number of benzene rings is 1. The molecule has 2 aromatic rings. The predicted molar refractivity (Wildman–Crippen MR) is 73.5 cm³/mol. The number of esters is 1. The lowest BCUT2D eigenvalue weighted by molar-refractivity contribution is -0.144. The molecule has 1 unspecified atom stereocenters. The lowest BCUT2D eigenvalue weighted by Gasteiger charge is -2.12. The Bertz CT molecular complexity index is 627. The largest absolute Gasteiger partial charge is 0.465 e. The molecule has 6 nitrogen and oxygen atoms in total. The Hall–Kier alpha value is -2.44. The number of halogens is 1. The van der Waals surface area contributed by atoms with Crippen LogP contribution in [0, 0.1) is 5.82 Å². The van der Waals surface area contributed by atoms with Gasteiger partial charge < -0.3 is 14.2 Å². The number of ether oxygens (including phenoxy) is 1. The van der Waals surface area contributed by atoms with E-state index in [-0.39, 0.29) is 12.5 Å². The Labute approximate surface area is 121 Å². The predicted octanol–water partition coefficient (Wildman–Crippen LogP) is 1.97. The molecule has 0 fully saturated rings. The highest BCUT2D eigenvalue weighted by atomic mass is 19.1. The van der Waals surface area contributed by atoms with Gasteiger partial charge in [-0.05, 0) is 29.8 Å². The fraction of sp³-hybridized carbons (Fsp3) is 0.357. The Morgan fingerprint density at radius 2 is 2.24 bits per heavy atom. The van der Waals surface area contributed by atoms with E-state index in [2.05, 4.69) is 10.1 Å². The van der Waals surface area contributed by atoms with Gasteiger partial charge in [-0.1, -0.05) is 12.1 Å². The van der Waals surface area contributed by atoms with Crippen LogP contribution in [0.15, 0.2) is 28.8 Å². The topological polar surface area (TPSA) is 68.5 Å². The smallest absolute Gasteiger partial charge is 0.323 e. The fourth-order valence-electron chi connectivity index (χ4n) is 1.82. The van der Waals surface area contributed by atoms with Crippen molar-refractivity contribution in [2.75, 3.05) is 25.6 Å². The molecule has 0 amide bonds. The van der Waals surface area contributed by atoms with E-state index >= 15 is 0 Å². The molecule has 2 rings (SSSR count). The standard InChI is InChI=1S/C14H16FN3O3/c1-4-20-13(19)11(9-6-5-7-10(15)8-9)12-16-14(17-21-12)18(2)3/h5-8,11H,4H2,1-3H3. The second kappa shape index (κ2) is 6.34. The molecule has 0 saturated carbocycles. The number of rotatable bonds is 5. The van der Waals surface area contributed by atoms with E-state index in [0.717, 1.165) is 0 Å². The number of carbonyl (C=O) groups excluding carboxylic acids is 1. The summed E-state index contributed by atoms with van der Waals surface area (Å²) in [6, 6.07) is 5.68. The van der Waals surface area contributed by atoms with E-state index in [1.165, 1.54) is 18.2 Å². The van der Waals surface area contributed by atoms with E-state index in [0.29, 0.717) is 11.5 Å². The van der Waals surface area contributed by atoms with Crippen molar-refractivity contribution in [2.24, 2.45) is 0 Å². The first kappa shape index (κ1) is 15.0. The summed E-state index contributed by atoms with van der Waals surface area (Å²) >= 11 is 0. The number of aromatic nitrogens is 2. The normalized spacial score (nSPS) is 12.0. The minimum Gasteiger partial charge on any atom is -0.465 e. The molecular weight excluding hydrogens is 277 g/mol. The first-order valence-electron chi connectivity index (χ1n) is 6.46. The van der Waals surface area contributed by atoms with E-state index in [1.54, 1.807) is 32.0 Å². The van der Waals surface area contributed by atoms with Crippen molar-refractivity contribution < 1.29 is 18.4 Å². The molecule has 112 valence electrons. The molecule has 0 bridgehead atoms. The molecule has 0 aliphatic heterocycles. The summed E-state index contributed by atoms with van der Waals surface area (Å²) in [5, 5.41) is 3.77. The Balaban J connectivity index is 2.42. The summed E-state index contributed by atoms with van der Waals surface area (Å²) in [6.45, 7) is 1.90. The van der Waals surface area contributed by atoms with Gasteiger partial charge in [0.15, 0.2) is 5.92 Å². The van der Waals surface area contributed by atoms with Crippen LogP contribution in [0.25, 0.3) is 0 Å². The maximum absolute atomic E-state index is 13.4. The first-order valence-corrected chi connectivity index (χ1v) is 6.46. The van der Waals surface area contributed by atoms with E-state index in [9.17, 15) is 9.18 Å². The van der Waals surface area contributed by atoms with Gasteiger partial charge in [-0.3, -0.25) is 4.79 Å². The average Bonchev–Trinajstić information content (AvgIpc) is 2.89. The van der Waals surface area contributed by atoms with Crippen molar-refractivity contribution in [1.82, 2.24) is 10.1 Å². The SMILES string of the molecule is CCOC(=O)C(c1cccc(F)c1)c1nc(N(C)C)no1. The molecule has 0 saturated heterocycles. The zero-order chi connectivity index (χ0) is 15.4. The summed E-state index contributed by atoms with van der Waals surface area (Å²) < 4.78 is 23.5. The van der Waals surface area contributed by atoms with Crippen molar-refractivity contribution in [3.8, 4) is 0 Å². The van der Waals surface area contributed by atoms with Crippen LogP contribution in [0.3, 0.4) is 0 Å². The van der Waals surface area contributed by atoms with Crippen LogP contribution in [-0.4, -0.2) is 36.8 Å². The number of anilines is 1. The molecule has 0 spiro atoms. The van der Waals surface area contributed by atoms with Gasteiger partial charge in [0.2, 0.25) is 5.89 Å². The first-order chi connectivity index (χ1) is 10.0. The monoisotopic (exact) mass is 293 g/mol. The second-order valence-corrected chi connectivity index (χ2v) is 4.57. The number of nitrogens with zero attached hydrogens (tertiary/aromatic N) is 3. The van der Waals surface area contributed by atoms with Gasteiger partial charge in [0.1, 0.15) is 5.82 Å². The molecule has 1 aromatic carbocycles. The Morgan fingerprint density at radius 1 is 1.48 bits per heavy atom. The Morgan fingerprint density at radius 3 is 2.81 bits per heavy atom. The maximum atomic E-state index is 13.4. The van der Waals surface area contributed by atoms with Gasteiger partial charge in [-0.2, -0.15) is 4.98 Å². The van der Waals surface area contributed by atoms with Gasteiger partial charge >= 0.3 is 5.97 Å². The minimum atomic E-state index is -0.943. The molecule has 7 heteroatoms. The highest BCUT2D eigenvalue weighted by Crippen LogP contribution is 2.26. The van der Waals surface area contributed by atoms with E-state index in [1.807, 2.05) is 0 Å². The van der Waals surface area contributed by atoms with Crippen LogP contribution in [0.2, 0.25) is 0 Å². The van der Waals surface area contributed by atoms with Crippen LogP contribution in [-0.2, 0) is 9.53 Å². The highest BCUT2D eigenvalue weighted by molar-refractivity contribution is 5.81. The van der Waals surface area contributed by atoms with E-state index in [4.69, 9.17) is 9.26 Å². The van der Waals surface area contributed by atoms with Crippen molar-refractivity contribution in [3.05, 3.63) is 41.5 Å². The lowest BCUT2D eigenvalue weighted by Crippen LogP contribution is -2.18. The summed E-state index contributed by atoms with van der Waals surface area (Å²) in [4.78, 5) is 17.9.